The first-order valence-electron chi connectivity index (χ1n) is 6.38. The van der Waals surface area contributed by atoms with E-state index in [4.69, 9.17) is 0 Å². The summed E-state index contributed by atoms with van der Waals surface area (Å²) in [5.41, 5.74) is -0.489. The van der Waals surface area contributed by atoms with Gasteiger partial charge in [0.25, 0.3) is 0 Å². The molecule has 1 aromatic rings. The molecule has 0 saturated heterocycles. The lowest BCUT2D eigenvalue weighted by Crippen LogP contribution is -2.39. The Labute approximate surface area is 122 Å². The smallest absolute Gasteiger partial charge is 0.227 e. The number of nitrogens with zero attached hydrogens (tertiary/aromatic N) is 2. The third-order valence-electron chi connectivity index (χ3n) is 2.77. The summed E-state index contributed by atoms with van der Waals surface area (Å²) in [6, 6.07) is 1.82. The summed E-state index contributed by atoms with van der Waals surface area (Å²) in [7, 11) is 1.64. The molecule has 0 aliphatic carbocycles. The Morgan fingerprint density at radius 1 is 1.42 bits per heavy atom. The second-order valence-electron chi connectivity index (χ2n) is 5.06. The van der Waals surface area contributed by atoms with Crippen LogP contribution in [0.2, 0.25) is 0 Å². The topological polar surface area (TPSA) is 66.9 Å². The molecule has 0 aliphatic heterocycles. The zero-order chi connectivity index (χ0) is 14.5. The van der Waals surface area contributed by atoms with Crippen LogP contribution in [0.3, 0.4) is 0 Å². The highest BCUT2D eigenvalue weighted by atomic mass is 79.9. The number of aryl methyl sites for hydroxylation is 1. The summed E-state index contributed by atoms with van der Waals surface area (Å²) in [6.45, 7) is 6.39. The maximum absolute atomic E-state index is 11.7. The second kappa shape index (κ2) is 6.84. The van der Waals surface area contributed by atoms with Crippen molar-refractivity contribution < 1.29 is 4.79 Å². The van der Waals surface area contributed by atoms with Crippen molar-refractivity contribution in [3.8, 4) is 0 Å². The number of amides is 1. The van der Waals surface area contributed by atoms with Crippen LogP contribution in [-0.2, 0) is 11.2 Å². The molecule has 0 aromatic carbocycles. The van der Waals surface area contributed by atoms with Gasteiger partial charge < -0.3 is 10.6 Å². The highest BCUT2D eigenvalue weighted by molar-refractivity contribution is 9.10. The summed E-state index contributed by atoms with van der Waals surface area (Å²) < 4.78 is 0.756. The molecule has 1 rings (SSSR count). The van der Waals surface area contributed by atoms with Gasteiger partial charge in [0.05, 0.1) is 5.41 Å². The van der Waals surface area contributed by atoms with Gasteiger partial charge in [0.2, 0.25) is 5.91 Å². The first-order chi connectivity index (χ1) is 8.89. The van der Waals surface area contributed by atoms with E-state index in [0.29, 0.717) is 6.54 Å². The molecule has 6 heteroatoms. The van der Waals surface area contributed by atoms with Gasteiger partial charge in [-0.1, -0.05) is 6.92 Å². The zero-order valence-corrected chi connectivity index (χ0v) is 13.5. The normalized spacial score (nSPS) is 11.2. The van der Waals surface area contributed by atoms with Crippen LogP contribution < -0.4 is 10.6 Å². The van der Waals surface area contributed by atoms with Gasteiger partial charge in [-0.15, -0.1) is 0 Å². The fraction of sp³-hybridized carbons (Fsp3) is 0.615. The number of nitrogens with one attached hydrogen (secondary N) is 2. The van der Waals surface area contributed by atoms with Gasteiger partial charge in [0, 0.05) is 26.1 Å². The van der Waals surface area contributed by atoms with Gasteiger partial charge in [0.15, 0.2) is 0 Å². The van der Waals surface area contributed by atoms with Crippen molar-refractivity contribution in [1.82, 2.24) is 15.3 Å². The number of rotatable bonds is 6. The summed E-state index contributed by atoms with van der Waals surface area (Å²) in [4.78, 5) is 20.4. The Morgan fingerprint density at radius 3 is 2.68 bits per heavy atom. The average molecular weight is 329 g/mol. The summed E-state index contributed by atoms with van der Waals surface area (Å²) in [5, 5.41) is 5.86. The predicted molar refractivity (Wildman–Crippen MR) is 80.1 cm³/mol. The third-order valence-corrected chi connectivity index (χ3v) is 3.17. The lowest BCUT2D eigenvalue weighted by molar-refractivity contribution is -0.128. The van der Waals surface area contributed by atoms with Crippen LogP contribution in [0.4, 0.5) is 5.82 Å². The van der Waals surface area contributed by atoms with Crippen molar-refractivity contribution >= 4 is 27.7 Å². The number of hydrogen-bond acceptors (Lipinski definition) is 4. The molecule has 5 nitrogen and oxygen atoms in total. The van der Waals surface area contributed by atoms with E-state index in [0.717, 1.165) is 29.1 Å². The predicted octanol–water partition coefficient (Wildman–Crippen LogP) is 2.38. The molecule has 2 N–H and O–H groups in total. The average Bonchev–Trinajstić information content (AvgIpc) is 2.35. The number of anilines is 1. The van der Waals surface area contributed by atoms with E-state index in [2.05, 4.69) is 43.5 Å². The summed E-state index contributed by atoms with van der Waals surface area (Å²) >= 11 is 3.38. The van der Waals surface area contributed by atoms with E-state index in [1.165, 1.54) is 0 Å². The number of hydrogen-bond donors (Lipinski definition) is 2. The summed E-state index contributed by atoms with van der Waals surface area (Å²) in [5.74, 6) is 1.54. The Hall–Kier alpha value is -1.17. The van der Waals surface area contributed by atoms with Crippen molar-refractivity contribution in [3.63, 3.8) is 0 Å². The maximum atomic E-state index is 11.7. The molecule has 19 heavy (non-hydrogen) atoms. The van der Waals surface area contributed by atoms with Crippen LogP contribution >= 0.6 is 15.9 Å². The molecule has 0 saturated carbocycles. The van der Waals surface area contributed by atoms with Gasteiger partial charge in [-0.05, 0) is 36.2 Å². The minimum atomic E-state index is -0.489. The minimum Gasteiger partial charge on any atom is -0.369 e. The molecule has 0 aliphatic rings. The number of carbonyl (C=O) groups is 1. The van der Waals surface area contributed by atoms with Gasteiger partial charge in [0.1, 0.15) is 16.2 Å². The van der Waals surface area contributed by atoms with Gasteiger partial charge in [-0.2, -0.15) is 0 Å². The highest BCUT2D eigenvalue weighted by Crippen LogP contribution is 2.18. The fourth-order valence-electron chi connectivity index (χ4n) is 1.62. The molecule has 1 amide bonds. The maximum Gasteiger partial charge on any atom is 0.227 e. The quantitative estimate of drug-likeness (QED) is 0.787. The first-order valence-corrected chi connectivity index (χ1v) is 7.18. The fourth-order valence-corrected chi connectivity index (χ4v) is 2.04. The van der Waals surface area contributed by atoms with Crippen LogP contribution in [0.1, 0.15) is 33.0 Å². The summed E-state index contributed by atoms with van der Waals surface area (Å²) in [6.07, 6.45) is 1.84. The number of aromatic nitrogens is 2. The standard InChI is InChI=1S/C13H21BrN4O/c1-5-6-10-17-9(14)7-11(18-10)16-8-13(2,3)12(19)15-4/h7H,5-6,8H2,1-4H3,(H,15,19)(H,16,17,18). The Bertz CT molecular complexity index is 448. The van der Waals surface area contributed by atoms with Crippen LogP contribution in [-0.4, -0.2) is 29.5 Å². The molecule has 0 fully saturated rings. The van der Waals surface area contributed by atoms with Crippen molar-refractivity contribution in [1.29, 1.82) is 0 Å². The largest absolute Gasteiger partial charge is 0.369 e. The lowest BCUT2D eigenvalue weighted by atomic mass is 9.92. The van der Waals surface area contributed by atoms with Gasteiger partial charge in [-0.3, -0.25) is 4.79 Å². The molecule has 1 aromatic heterocycles. The monoisotopic (exact) mass is 328 g/mol. The molecule has 0 unspecified atom stereocenters. The van der Waals surface area contributed by atoms with Crippen LogP contribution in [0.5, 0.6) is 0 Å². The third kappa shape index (κ3) is 4.78. The van der Waals surface area contributed by atoms with Gasteiger partial charge >= 0.3 is 0 Å². The van der Waals surface area contributed by atoms with Crippen molar-refractivity contribution in [2.24, 2.45) is 5.41 Å². The molecule has 0 radical (unpaired) electrons. The molecular weight excluding hydrogens is 308 g/mol. The van der Waals surface area contributed by atoms with Crippen molar-refractivity contribution in [3.05, 3.63) is 16.5 Å². The van der Waals surface area contributed by atoms with E-state index in [-0.39, 0.29) is 5.91 Å². The first kappa shape index (κ1) is 15.9. The Balaban J connectivity index is 2.74. The van der Waals surface area contributed by atoms with Gasteiger partial charge in [-0.25, -0.2) is 9.97 Å². The van der Waals surface area contributed by atoms with Crippen LogP contribution in [0.25, 0.3) is 0 Å². The van der Waals surface area contributed by atoms with Crippen LogP contribution in [0.15, 0.2) is 10.7 Å². The molecule has 0 atom stereocenters. The second-order valence-corrected chi connectivity index (χ2v) is 5.87. The zero-order valence-electron chi connectivity index (χ0n) is 11.9. The molecular formula is C13H21BrN4O. The van der Waals surface area contributed by atoms with E-state index < -0.39 is 5.41 Å². The molecule has 0 bridgehead atoms. The lowest BCUT2D eigenvalue weighted by Gasteiger charge is -2.23. The SMILES string of the molecule is CCCc1nc(Br)cc(NCC(C)(C)C(=O)NC)n1. The van der Waals surface area contributed by atoms with Crippen LogP contribution in [0, 0.1) is 5.41 Å². The number of halogens is 1. The van der Waals surface area contributed by atoms with E-state index in [1.54, 1.807) is 7.05 Å². The minimum absolute atomic E-state index is 0.00176. The molecule has 106 valence electrons. The van der Waals surface area contributed by atoms with E-state index in [9.17, 15) is 4.79 Å². The molecule has 1 heterocycles. The van der Waals surface area contributed by atoms with Crippen molar-refractivity contribution in [2.45, 2.75) is 33.6 Å². The van der Waals surface area contributed by atoms with E-state index in [1.807, 2.05) is 19.9 Å². The Morgan fingerprint density at radius 2 is 2.11 bits per heavy atom. The Kier molecular flexibility index (Phi) is 5.72. The van der Waals surface area contributed by atoms with E-state index >= 15 is 0 Å². The molecule has 0 spiro atoms. The number of carbonyl (C=O) groups excluding carboxylic acids is 1. The van der Waals surface area contributed by atoms with Crippen molar-refractivity contribution in [2.75, 3.05) is 18.9 Å². The highest BCUT2D eigenvalue weighted by Gasteiger charge is 2.26.